The number of esters is 2. The number of aryl methyl sites for hydroxylation is 1. The lowest BCUT2D eigenvalue weighted by molar-refractivity contribution is -0.135. The Bertz CT molecular complexity index is 1630. The van der Waals surface area contributed by atoms with E-state index >= 15 is 0 Å². The number of rotatable bonds is 2. The SMILES string of the molecule is COc1ccc2cc([C@H]3CC(=O)Oc4cc5c(c(O)c43)C(=O)O[C@H](C)CCCC(=O)CCCC=C5)c(=O)n(C)c2c1. The summed E-state index contributed by atoms with van der Waals surface area (Å²) in [7, 11) is 3.18. The summed E-state index contributed by atoms with van der Waals surface area (Å²) in [6, 6.07) is 8.59. The predicted octanol–water partition coefficient (Wildman–Crippen LogP) is 5.18. The molecule has 5 rings (SSSR count). The monoisotopic (exact) mass is 559 g/mol. The first-order chi connectivity index (χ1) is 19.7. The lowest BCUT2D eigenvalue weighted by Crippen LogP contribution is -2.29. The Kier molecular flexibility index (Phi) is 7.97. The minimum Gasteiger partial charge on any atom is -0.507 e. The number of phenolic OH excluding ortho intramolecular Hbond substituents is 1. The van der Waals surface area contributed by atoms with Crippen LogP contribution in [-0.4, -0.2) is 40.6 Å². The first-order valence-corrected chi connectivity index (χ1v) is 13.8. The van der Waals surface area contributed by atoms with Gasteiger partial charge in [0.25, 0.3) is 5.56 Å². The van der Waals surface area contributed by atoms with Gasteiger partial charge in [-0.25, -0.2) is 4.79 Å². The van der Waals surface area contributed by atoms with Crippen LogP contribution in [-0.2, 0) is 21.4 Å². The molecule has 0 radical (unpaired) electrons. The summed E-state index contributed by atoms with van der Waals surface area (Å²) >= 11 is 0. The van der Waals surface area contributed by atoms with E-state index < -0.39 is 24.0 Å². The van der Waals surface area contributed by atoms with Gasteiger partial charge in [-0.15, -0.1) is 0 Å². The van der Waals surface area contributed by atoms with Crippen LogP contribution in [0.2, 0.25) is 0 Å². The van der Waals surface area contributed by atoms with Crippen LogP contribution in [0.3, 0.4) is 0 Å². The standard InChI is InChI=1S/C32H33NO8/c1-18-8-7-11-21(34)10-6-4-5-9-20-15-26-29(30(36)28(20)32(38)40-18)23(17-27(35)41-26)24-14-19-12-13-22(39-3)16-25(19)33(2)31(24)37/h5,9,12-16,18,23,36H,4,6-8,10-11,17H2,1-3H3/t18-,23-/m1/s1. The van der Waals surface area contributed by atoms with Crippen LogP contribution in [0.4, 0.5) is 0 Å². The van der Waals surface area contributed by atoms with Crippen LogP contribution in [0, 0.1) is 0 Å². The van der Waals surface area contributed by atoms with Gasteiger partial charge < -0.3 is 23.9 Å². The molecule has 0 bridgehead atoms. The topological polar surface area (TPSA) is 121 Å². The van der Waals surface area contributed by atoms with Gasteiger partial charge in [-0.05, 0) is 67.8 Å². The summed E-state index contributed by atoms with van der Waals surface area (Å²) in [5, 5.41) is 12.4. The number of ketones is 1. The highest BCUT2D eigenvalue weighted by Crippen LogP contribution is 2.47. The van der Waals surface area contributed by atoms with Crippen molar-refractivity contribution in [2.75, 3.05) is 7.11 Å². The smallest absolute Gasteiger partial charge is 0.342 e. The van der Waals surface area contributed by atoms with E-state index in [-0.39, 0.29) is 40.4 Å². The Hall–Kier alpha value is -4.40. The third-order valence-electron chi connectivity index (χ3n) is 7.82. The molecule has 1 aromatic heterocycles. The van der Waals surface area contributed by atoms with Gasteiger partial charge >= 0.3 is 11.9 Å². The van der Waals surface area contributed by atoms with Crippen LogP contribution in [0.15, 0.2) is 41.2 Å². The van der Waals surface area contributed by atoms with Crippen molar-refractivity contribution in [2.24, 2.45) is 7.05 Å². The second-order valence-electron chi connectivity index (χ2n) is 10.7. The Morgan fingerprint density at radius 1 is 1.05 bits per heavy atom. The Morgan fingerprint density at radius 3 is 2.61 bits per heavy atom. The van der Waals surface area contributed by atoms with Crippen LogP contribution >= 0.6 is 0 Å². The van der Waals surface area contributed by atoms with Crippen LogP contribution in [0.25, 0.3) is 17.0 Å². The maximum Gasteiger partial charge on any atom is 0.342 e. The molecule has 9 nitrogen and oxygen atoms in total. The Labute approximate surface area is 237 Å². The van der Waals surface area contributed by atoms with E-state index in [2.05, 4.69) is 0 Å². The molecular weight excluding hydrogens is 526 g/mol. The number of fused-ring (bicyclic) bond motifs is 3. The molecule has 0 spiro atoms. The fraction of sp³-hybridized carbons (Fsp3) is 0.375. The van der Waals surface area contributed by atoms with E-state index in [4.69, 9.17) is 14.2 Å². The van der Waals surface area contributed by atoms with Crippen molar-refractivity contribution in [3.63, 3.8) is 0 Å². The normalized spacial score (nSPS) is 20.0. The molecule has 9 heteroatoms. The van der Waals surface area contributed by atoms with E-state index in [0.29, 0.717) is 60.9 Å². The van der Waals surface area contributed by atoms with Crippen molar-refractivity contribution in [3.8, 4) is 17.2 Å². The molecule has 0 fully saturated rings. The minimum absolute atomic E-state index is 0.0507. The molecule has 2 atom stereocenters. The number of aromatic hydroxyl groups is 1. The molecule has 0 amide bonds. The first kappa shape index (κ1) is 28.1. The highest BCUT2D eigenvalue weighted by atomic mass is 16.5. The summed E-state index contributed by atoms with van der Waals surface area (Å²) in [6.45, 7) is 1.75. The van der Waals surface area contributed by atoms with Crippen LogP contribution in [0.5, 0.6) is 17.2 Å². The number of ether oxygens (including phenoxy) is 3. The second kappa shape index (κ2) is 11.6. The number of carbonyl (C=O) groups is 3. The number of allylic oxidation sites excluding steroid dienone is 1. The fourth-order valence-electron chi connectivity index (χ4n) is 5.63. The lowest BCUT2D eigenvalue weighted by atomic mass is 9.83. The molecule has 3 heterocycles. The highest BCUT2D eigenvalue weighted by molar-refractivity contribution is 5.99. The van der Waals surface area contributed by atoms with Gasteiger partial charge in [0.2, 0.25) is 0 Å². The fourth-order valence-corrected chi connectivity index (χ4v) is 5.63. The van der Waals surface area contributed by atoms with Crippen molar-refractivity contribution in [1.82, 2.24) is 4.57 Å². The highest BCUT2D eigenvalue weighted by Gasteiger charge is 2.37. The van der Waals surface area contributed by atoms with E-state index in [1.165, 1.54) is 10.6 Å². The molecule has 1 N–H and O–H groups in total. The quantitative estimate of drug-likeness (QED) is 0.337. The molecule has 41 heavy (non-hydrogen) atoms. The van der Waals surface area contributed by atoms with Gasteiger partial charge in [-0.2, -0.15) is 0 Å². The molecule has 0 aliphatic carbocycles. The van der Waals surface area contributed by atoms with E-state index in [1.807, 2.05) is 12.1 Å². The summed E-state index contributed by atoms with van der Waals surface area (Å²) in [6.07, 6.45) is 6.07. The van der Waals surface area contributed by atoms with E-state index in [1.54, 1.807) is 45.4 Å². The Balaban J connectivity index is 1.66. The van der Waals surface area contributed by atoms with Gasteiger partial charge in [0.15, 0.2) is 0 Å². The zero-order valence-electron chi connectivity index (χ0n) is 23.4. The maximum atomic E-state index is 13.6. The Morgan fingerprint density at radius 2 is 1.83 bits per heavy atom. The maximum absolute atomic E-state index is 13.6. The largest absolute Gasteiger partial charge is 0.507 e. The summed E-state index contributed by atoms with van der Waals surface area (Å²) in [4.78, 5) is 51.9. The van der Waals surface area contributed by atoms with Gasteiger partial charge in [-0.3, -0.25) is 14.4 Å². The predicted molar refractivity (Wildman–Crippen MR) is 153 cm³/mol. The van der Waals surface area contributed by atoms with Crippen LogP contribution in [0.1, 0.15) is 84.8 Å². The van der Waals surface area contributed by atoms with Crippen molar-refractivity contribution in [1.29, 1.82) is 0 Å². The number of hydrogen-bond acceptors (Lipinski definition) is 8. The molecule has 0 saturated heterocycles. The number of hydrogen-bond donors (Lipinski definition) is 1. The molecular formula is C32H33NO8. The van der Waals surface area contributed by atoms with Crippen LogP contribution < -0.4 is 15.0 Å². The zero-order chi connectivity index (χ0) is 29.3. The van der Waals surface area contributed by atoms with Crippen molar-refractivity contribution >= 4 is 34.7 Å². The summed E-state index contributed by atoms with van der Waals surface area (Å²) in [5.41, 5.74) is 1.06. The van der Waals surface area contributed by atoms with E-state index in [9.17, 15) is 24.3 Å². The lowest BCUT2D eigenvalue weighted by Gasteiger charge is -2.28. The first-order valence-electron chi connectivity index (χ1n) is 13.8. The average molecular weight is 560 g/mol. The number of pyridine rings is 1. The zero-order valence-corrected chi connectivity index (χ0v) is 23.4. The number of benzene rings is 2. The second-order valence-corrected chi connectivity index (χ2v) is 10.7. The molecule has 0 saturated carbocycles. The van der Waals surface area contributed by atoms with Gasteiger partial charge in [0, 0.05) is 43.0 Å². The molecule has 3 aromatic rings. The molecule has 2 aliphatic heterocycles. The molecule has 214 valence electrons. The number of methoxy groups -OCH3 is 1. The number of phenols is 1. The van der Waals surface area contributed by atoms with Gasteiger partial charge in [0.1, 0.15) is 28.6 Å². The summed E-state index contributed by atoms with van der Waals surface area (Å²) < 4.78 is 18.0. The number of Topliss-reactive ketones (excluding diaryl/α,β-unsaturated/α-hetero) is 1. The van der Waals surface area contributed by atoms with E-state index in [0.717, 1.165) is 5.39 Å². The van der Waals surface area contributed by atoms with Crippen molar-refractivity contribution in [2.45, 2.75) is 63.9 Å². The van der Waals surface area contributed by atoms with Crippen molar-refractivity contribution < 1.29 is 33.7 Å². The molecule has 2 aromatic carbocycles. The van der Waals surface area contributed by atoms with Crippen molar-refractivity contribution in [3.05, 3.63) is 69.0 Å². The molecule has 2 aliphatic rings. The number of cyclic esters (lactones) is 1. The number of carbonyl (C=O) groups excluding carboxylic acids is 3. The number of aromatic nitrogens is 1. The van der Waals surface area contributed by atoms with Gasteiger partial charge in [-0.1, -0.05) is 12.2 Å². The summed E-state index contributed by atoms with van der Waals surface area (Å²) in [5.74, 6) is -1.65. The number of nitrogens with zero attached hydrogens (tertiary/aromatic N) is 1. The third-order valence-corrected chi connectivity index (χ3v) is 7.82. The van der Waals surface area contributed by atoms with Gasteiger partial charge in [0.05, 0.1) is 25.2 Å². The third kappa shape index (κ3) is 5.62. The average Bonchev–Trinajstić information content (AvgIpc) is 2.93. The minimum atomic E-state index is -0.852. The molecule has 0 unspecified atom stereocenters.